The second-order valence-electron chi connectivity index (χ2n) is 8.77. The summed E-state index contributed by atoms with van der Waals surface area (Å²) >= 11 is 0. The van der Waals surface area contributed by atoms with Crippen LogP contribution in [0.5, 0.6) is 0 Å². The van der Waals surface area contributed by atoms with Crippen molar-refractivity contribution in [3.8, 4) is 0 Å². The predicted octanol–water partition coefficient (Wildman–Crippen LogP) is 3.89. The largest absolute Gasteiger partial charge is 0.349 e. The molecule has 1 aromatic heterocycles. The number of sulfonamides is 1. The third-order valence-electron chi connectivity index (χ3n) is 6.22. The molecule has 0 saturated carbocycles. The first-order chi connectivity index (χ1) is 16.3. The molecule has 1 aliphatic heterocycles. The van der Waals surface area contributed by atoms with Crippen molar-refractivity contribution in [2.75, 3.05) is 17.8 Å². The average molecular weight is 479 g/mol. The van der Waals surface area contributed by atoms with Gasteiger partial charge in [-0.1, -0.05) is 12.1 Å². The summed E-state index contributed by atoms with van der Waals surface area (Å²) in [7, 11) is -3.70. The number of nitrogens with one attached hydrogen (secondary N) is 2. The first-order valence-corrected chi connectivity index (χ1v) is 12.9. The van der Waals surface area contributed by atoms with Gasteiger partial charge in [-0.15, -0.1) is 0 Å². The van der Waals surface area contributed by atoms with Gasteiger partial charge in [-0.3, -0.25) is 19.4 Å². The van der Waals surface area contributed by atoms with Crippen LogP contribution in [-0.2, 0) is 16.6 Å². The number of hydrogen-bond acceptors (Lipinski definition) is 5. The van der Waals surface area contributed by atoms with Crippen LogP contribution >= 0.6 is 0 Å². The molecule has 4 rings (SSSR count). The van der Waals surface area contributed by atoms with Crippen molar-refractivity contribution in [1.29, 1.82) is 0 Å². The van der Waals surface area contributed by atoms with E-state index in [2.05, 4.69) is 19.9 Å². The summed E-state index contributed by atoms with van der Waals surface area (Å²) in [6, 6.07) is 17.6. The van der Waals surface area contributed by atoms with Crippen molar-refractivity contribution in [2.24, 2.45) is 0 Å². The van der Waals surface area contributed by atoms with E-state index in [0.29, 0.717) is 11.3 Å². The highest BCUT2D eigenvalue weighted by Crippen LogP contribution is 2.20. The number of piperidine rings is 1. The Hall–Kier alpha value is -3.23. The summed E-state index contributed by atoms with van der Waals surface area (Å²) < 4.78 is 28.0. The molecule has 2 aromatic carbocycles. The average Bonchev–Trinajstić information content (AvgIpc) is 2.83. The maximum atomic E-state index is 12.7. The number of aromatic nitrogens is 1. The van der Waals surface area contributed by atoms with Gasteiger partial charge in [-0.05, 0) is 86.3 Å². The molecular formula is C26H30N4O3S. The van der Waals surface area contributed by atoms with E-state index in [1.807, 2.05) is 38.2 Å². The van der Waals surface area contributed by atoms with Crippen LogP contribution in [0.2, 0.25) is 0 Å². The SMILES string of the molecule is Cc1ccc(S(=O)(=O)Nc2ccc(C(=O)NC3CCN(Cc4ccccn4)CC3)cc2)cc1C. The Balaban J connectivity index is 1.30. The highest BCUT2D eigenvalue weighted by molar-refractivity contribution is 7.92. The van der Waals surface area contributed by atoms with E-state index in [9.17, 15) is 13.2 Å². The van der Waals surface area contributed by atoms with Gasteiger partial charge >= 0.3 is 0 Å². The quantitative estimate of drug-likeness (QED) is 0.538. The molecule has 0 radical (unpaired) electrons. The van der Waals surface area contributed by atoms with Gasteiger partial charge in [0, 0.05) is 43.1 Å². The van der Waals surface area contributed by atoms with E-state index >= 15 is 0 Å². The van der Waals surface area contributed by atoms with Gasteiger partial charge in [0.1, 0.15) is 0 Å². The molecule has 34 heavy (non-hydrogen) atoms. The molecule has 2 heterocycles. The molecular weight excluding hydrogens is 448 g/mol. The van der Waals surface area contributed by atoms with Gasteiger partial charge in [-0.25, -0.2) is 8.42 Å². The van der Waals surface area contributed by atoms with Crippen molar-refractivity contribution in [1.82, 2.24) is 15.2 Å². The standard InChI is InChI=1S/C26H30N4O3S/c1-19-6-11-25(17-20(19)2)34(32,33)29-23-9-7-21(8-10-23)26(31)28-22-12-15-30(16-13-22)18-24-5-3-4-14-27-24/h3-11,14,17,22,29H,12-13,15-16,18H2,1-2H3,(H,28,31). The molecule has 1 fully saturated rings. The lowest BCUT2D eigenvalue weighted by atomic mass is 10.0. The molecule has 8 heteroatoms. The van der Waals surface area contributed by atoms with Crippen LogP contribution < -0.4 is 10.0 Å². The Labute approximate surface area is 201 Å². The minimum Gasteiger partial charge on any atom is -0.349 e. The number of likely N-dealkylation sites (tertiary alicyclic amines) is 1. The summed E-state index contributed by atoms with van der Waals surface area (Å²) in [6.07, 6.45) is 3.57. The third-order valence-corrected chi connectivity index (χ3v) is 7.60. The first kappa shape index (κ1) is 23.9. The van der Waals surface area contributed by atoms with Crippen LogP contribution in [0.1, 0.15) is 40.0 Å². The zero-order valence-electron chi connectivity index (χ0n) is 19.5. The number of benzene rings is 2. The number of amides is 1. The number of nitrogens with zero attached hydrogens (tertiary/aromatic N) is 2. The molecule has 3 aromatic rings. The Morgan fingerprint density at radius 3 is 2.38 bits per heavy atom. The Morgan fingerprint density at radius 1 is 1.00 bits per heavy atom. The van der Waals surface area contributed by atoms with E-state index in [1.165, 1.54) is 0 Å². The smallest absolute Gasteiger partial charge is 0.261 e. The van der Waals surface area contributed by atoms with Crippen LogP contribution in [0.15, 0.2) is 71.8 Å². The first-order valence-electron chi connectivity index (χ1n) is 11.4. The van der Waals surface area contributed by atoms with E-state index in [-0.39, 0.29) is 16.8 Å². The van der Waals surface area contributed by atoms with Crippen LogP contribution in [0.25, 0.3) is 0 Å². The van der Waals surface area contributed by atoms with Gasteiger partial charge in [0.15, 0.2) is 0 Å². The lowest BCUT2D eigenvalue weighted by Gasteiger charge is -2.32. The van der Waals surface area contributed by atoms with Crippen molar-refractivity contribution in [3.05, 3.63) is 89.2 Å². The summed E-state index contributed by atoms with van der Waals surface area (Å²) in [5.41, 5.74) is 3.92. The lowest BCUT2D eigenvalue weighted by molar-refractivity contribution is 0.0908. The zero-order valence-corrected chi connectivity index (χ0v) is 20.3. The molecule has 0 aliphatic carbocycles. The maximum absolute atomic E-state index is 12.7. The monoisotopic (exact) mass is 478 g/mol. The van der Waals surface area contributed by atoms with E-state index < -0.39 is 10.0 Å². The molecule has 1 saturated heterocycles. The van der Waals surface area contributed by atoms with Crippen molar-refractivity contribution in [2.45, 2.75) is 44.2 Å². The van der Waals surface area contributed by atoms with Crippen molar-refractivity contribution >= 4 is 21.6 Å². The normalized spacial score (nSPS) is 15.1. The van der Waals surface area contributed by atoms with Gasteiger partial charge in [0.25, 0.3) is 15.9 Å². The number of rotatable bonds is 7. The molecule has 0 spiro atoms. The minimum atomic E-state index is -3.70. The Kier molecular flexibility index (Phi) is 7.29. The number of anilines is 1. The molecule has 7 nitrogen and oxygen atoms in total. The maximum Gasteiger partial charge on any atom is 0.261 e. The summed E-state index contributed by atoms with van der Waals surface area (Å²) in [5, 5.41) is 3.10. The second-order valence-corrected chi connectivity index (χ2v) is 10.5. The molecule has 178 valence electrons. The number of carbonyl (C=O) groups excluding carboxylic acids is 1. The fourth-order valence-electron chi connectivity index (χ4n) is 4.01. The second kappa shape index (κ2) is 10.4. The molecule has 0 unspecified atom stereocenters. The highest BCUT2D eigenvalue weighted by Gasteiger charge is 2.22. The van der Waals surface area contributed by atoms with Crippen molar-refractivity contribution < 1.29 is 13.2 Å². The molecule has 0 atom stereocenters. The number of carbonyl (C=O) groups is 1. The van der Waals surface area contributed by atoms with Gasteiger partial charge < -0.3 is 5.32 Å². The Bertz CT molecular complexity index is 1240. The summed E-state index contributed by atoms with van der Waals surface area (Å²) in [4.78, 5) is 19.6. The fraction of sp³-hybridized carbons (Fsp3) is 0.308. The fourth-order valence-corrected chi connectivity index (χ4v) is 5.15. The van der Waals surface area contributed by atoms with Crippen LogP contribution in [0.4, 0.5) is 5.69 Å². The number of pyridine rings is 1. The van der Waals surface area contributed by atoms with Crippen molar-refractivity contribution in [3.63, 3.8) is 0 Å². The van der Waals surface area contributed by atoms with Gasteiger partial charge in [0.2, 0.25) is 0 Å². The summed E-state index contributed by atoms with van der Waals surface area (Å²) in [6.45, 7) is 6.45. The molecule has 1 aliphatic rings. The lowest BCUT2D eigenvalue weighted by Crippen LogP contribution is -2.44. The van der Waals surface area contributed by atoms with E-state index in [1.54, 1.807) is 42.5 Å². The van der Waals surface area contributed by atoms with E-state index in [4.69, 9.17) is 0 Å². The van der Waals surface area contributed by atoms with E-state index in [0.717, 1.165) is 49.3 Å². The molecule has 0 bridgehead atoms. The van der Waals surface area contributed by atoms with Crippen LogP contribution in [0, 0.1) is 13.8 Å². The number of aryl methyl sites for hydroxylation is 2. The highest BCUT2D eigenvalue weighted by atomic mass is 32.2. The number of hydrogen-bond donors (Lipinski definition) is 2. The third kappa shape index (κ3) is 6.01. The minimum absolute atomic E-state index is 0.121. The predicted molar refractivity (Wildman–Crippen MR) is 133 cm³/mol. The molecule has 2 N–H and O–H groups in total. The zero-order chi connectivity index (χ0) is 24.1. The van der Waals surface area contributed by atoms with Gasteiger partial charge in [-0.2, -0.15) is 0 Å². The molecule has 1 amide bonds. The topological polar surface area (TPSA) is 91.4 Å². The van der Waals surface area contributed by atoms with Crippen LogP contribution in [-0.4, -0.2) is 43.3 Å². The summed E-state index contributed by atoms with van der Waals surface area (Å²) in [5.74, 6) is -0.147. The van der Waals surface area contributed by atoms with Gasteiger partial charge in [0.05, 0.1) is 10.6 Å². The van der Waals surface area contributed by atoms with Crippen LogP contribution in [0.3, 0.4) is 0 Å². The Morgan fingerprint density at radius 2 is 1.74 bits per heavy atom.